The first-order valence-electron chi connectivity index (χ1n) is 10.7. The van der Waals surface area contributed by atoms with Gasteiger partial charge in [0.1, 0.15) is 11.9 Å². The summed E-state index contributed by atoms with van der Waals surface area (Å²) in [6, 6.07) is 24.5. The topological polar surface area (TPSA) is 37.3 Å². The number of urea groups is 1. The summed E-state index contributed by atoms with van der Waals surface area (Å²) in [6.07, 6.45) is 2.04. The number of nitrogens with zero attached hydrogens (tertiary/aromatic N) is 2. The van der Waals surface area contributed by atoms with E-state index in [2.05, 4.69) is 41.1 Å². The molecule has 160 valence electrons. The van der Waals surface area contributed by atoms with Gasteiger partial charge in [-0.15, -0.1) is 0 Å². The summed E-state index contributed by atoms with van der Waals surface area (Å²) in [5, 5.41) is 2.92. The monoisotopic (exact) mass is 425 g/mol. The first-order chi connectivity index (χ1) is 15.5. The molecule has 4 nitrogen and oxygen atoms in total. The zero-order valence-corrected chi connectivity index (χ0v) is 18.0. The molecule has 0 radical (unpaired) electrons. The number of hydrogen-bond acceptors (Lipinski definition) is 1. The van der Waals surface area contributed by atoms with Crippen molar-refractivity contribution in [3.8, 4) is 5.69 Å². The van der Waals surface area contributed by atoms with Crippen LogP contribution in [0.4, 0.5) is 14.9 Å². The van der Waals surface area contributed by atoms with E-state index in [0.29, 0.717) is 17.8 Å². The first-order valence-corrected chi connectivity index (χ1v) is 10.7. The third kappa shape index (κ3) is 3.46. The van der Waals surface area contributed by atoms with Crippen LogP contribution in [-0.4, -0.2) is 15.5 Å². The fourth-order valence-corrected chi connectivity index (χ4v) is 4.43. The summed E-state index contributed by atoms with van der Waals surface area (Å²) in [5.74, 6) is -0.339. The minimum atomic E-state index is -0.339. The van der Waals surface area contributed by atoms with E-state index in [1.165, 1.54) is 6.07 Å². The molecule has 0 unspecified atom stereocenters. The largest absolute Gasteiger partial charge is 0.322 e. The first kappa shape index (κ1) is 20.1. The molecule has 32 heavy (non-hydrogen) atoms. The highest BCUT2D eigenvalue weighted by Gasteiger charge is 2.33. The fraction of sp³-hybridized carbons (Fsp3) is 0.148. The number of aromatic nitrogens is 1. The number of carbonyl (C=O) groups excluding carboxylic acids is 1. The van der Waals surface area contributed by atoms with Gasteiger partial charge in [0.15, 0.2) is 0 Å². The molecule has 0 fully saturated rings. The lowest BCUT2D eigenvalue weighted by molar-refractivity contribution is 0.194. The Kier molecular flexibility index (Phi) is 5.02. The van der Waals surface area contributed by atoms with Crippen molar-refractivity contribution in [2.24, 2.45) is 0 Å². The quantitative estimate of drug-likeness (QED) is 0.398. The Morgan fingerprint density at radius 3 is 2.53 bits per heavy atom. The summed E-state index contributed by atoms with van der Waals surface area (Å²) in [4.78, 5) is 15.5. The fourth-order valence-electron chi connectivity index (χ4n) is 4.43. The number of amides is 2. The maximum atomic E-state index is 14.1. The van der Waals surface area contributed by atoms with E-state index < -0.39 is 0 Å². The number of anilines is 1. The number of carbonyl (C=O) groups is 1. The Labute approximate surface area is 186 Å². The summed E-state index contributed by atoms with van der Waals surface area (Å²) in [5.41, 5.74) is 6.27. The molecule has 1 atom stereocenters. The SMILES string of the molecule is Cc1ccc(NC(=O)N2Cc3ccccc3-n3cccc3[C@@H]2c2ccccc2C)cc1F. The van der Waals surface area contributed by atoms with E-state index in [1.807, 2.05) is 47.5 Å². The highest BCUT2D eigenvalue weighted by atomic mass is 19.1. The lowest BCUT2D eigenvalue weighted by Crippen LogP contribution is -2.38. The molecule has 1 N–H and O–H groups in total. The molecule has 0 saturated heterocycles. The minimum Gasteiger partial charge on any atom is -0.318 e. The third-order valence-electron chi connectivity index (χ3n) is 6.13. The second-order valence-electron chi connectivity index (χ2n) is 8.21. The standard InChI is InChI=1S/C27H24FN3O/c1-18-8-3-5-10-22(18)26-25-12-7-15-30(25)24-11-6-4-9-20(24)17-31(26)27(32)29-21-14-13-19(2)23(28)16-21/h3-16,26H,17H2,1-2H3,(H,29,32)/t26-/m0/s1. The number of aryl methyl sites for hydroxylation is 2. The minimum absolute atomic E-state index is 0.272. The van der Waals surface area contributed by atoms with Crippen LogP contribution in [0.15, 0.2) is 85.1 Å². The second kappa shape index (κ2) is 8.00. The van der Waals surface area contributed by atoms with Gasteiger partial charge in [-0.05, 0) is 66.4 Å². The van der Waals surface area contributed by atoms with Crippen LogP contribution in [0.25, 0.3) is 5.69 Å². The van der Waals surface area contributed by atoms with E-state index in [9.17, 15) is 9.18 Å². The molecule has 0 spiro atoms. The highest BCUT2D eigenvalue weighted by molar-refractivity contribution is 5.90. The van der Waals surface area contributed by atoms with Crippen molar-refractivity contribution in [1.29, 1.82) is 0 Å². The Morgan fingerprint density at radius 1 is 0.938 bits per heavy atom. The van der Waals surface area contributed by atoms with Gasteiger partial charge >= 0.3 is 6.03 Å². The predicted molar refractivity (Wildman–Crippen MR) is 124 cm³/mol. The van der Waals surface area contributed by atoms with Gasteiger partial charge in [0.05, 0.1) is 12.2 Å². The van der Waals surface area contributed by atoms with Gasteiger partial charge < -0.3 is 14.8 Å². The molecule has 0 aliphatic carbocycles. The Balaban J connectivity index is 1.64. The van der Waals surface area contributed by atoms with Gasteiger partial charge in [0, 0.05) is 17.6 Å². The molecule has 0 bridgehead atoms. The average Bonchev–Trinajstić information content (AvgIpc) is 3.21. The van der Waals surface area contributed by atoms with Crippen LogP contribution in [0.3, 0.4) is 0 Å². The molecule has 1 aliphatic rings. The van der Waals surface area contributed by atoms with Crippen molar-refractivity contribution >= 4 is 11.7 Å². The molecule has 0 saturated carbocycles. The van der Waals surface area contributed by atoms with E-state index in [0.717, 1.165) is 28.1 Å². The number of hydrogen-bond donors (Lipinski definition) is 1. The van der Waals surface area contributed by atoms with Crippen LogP contribution in [0.5, 0.6) is 0 Å². The Hall–Kier alpha value is -3.86. The van der Waals surface area contributed by atoms with Gasteiger partial charge in [-0.25, -0.2) is 9.18 Å². The molecule has 2 heterocycles. The number of fused-ring (bicyclic) bond motifs is 3. The van der Waals surface area contributed by atoms with E-state index in [4.69, 9.17) is 0 Å². The summed E-state index contributed by atoms with van der Waals surface area (Å²) < 4.78 is 16.3. The zero-order valence-electron chi connectivity index (χ0n) is 18.0. The second-order valence-corrected chi connectivity index (χ2v) is 8.21. The third-order valence-corrected chi connectivity index (χ3v) is 6.13. The predicted octanol–water partition coefficient (Wildman–Crippen LogP) is 6.37. The molecular weight excluding hydrogens is 401 g/mol. The number of benzene rings is 3. The Bertz CT molecular complexity index is 1310. The van der Waals surface area contributed by atoms with Gasteiger partial charge in [-0.3, -0.25) is 0 Å². The Morgan fingerprint density at radius 2 is 1.72 bits per heavy atom. The van der Waals surface area contributed by atoms with Gasteiger partial charge in [0.25, 0.3) is 0 Å². The van der Waals surface area contributed by atoms with Gasteiger partial charge in [-0.2, -0.15) is 0 Å². The molecule has 5 rings (SSSR count). The van der Waals surface area contributed by atoms with Crippen LogP contribution < -0.4 is 5.32 Å². The number of nitrogens with one attached hydrogen (secondary N) is 1. The van der Waals surface area contributed by atoms with Crippen molar-refractivity contribution in [3.63, 3.8) is 0 Å². The van der Waals surface area contributed by atoms with Crippen LogP contribution in [-0.2, 0) is 6.54 Å². The van der Waals surface area contributed by atoms with Crippen molar-refractivity contribution in [3.05, 3.63) is 119 Å². The maximum absolute atomic E-state index is 14.1. The van der Waals surface area contributed by atoms with Crippen molar-refractivity contribution in [2.75, 3.05) is 5.32 Å². The summed E-state index contributed by atoms with van der Waals surface area (Å²) in [7, 11) is 0. The number of halogens is 1. The molecule has 2 amide bonds. The lowest BCUT2D eigenvalue weighted by atomic mass is 9.97. The van der Waals surface area contributed by atoms with Crippen LogP contribution >= 0.6 is 0 Å². The van der Waals surface area contributed by atoms with Gasteiger partial charge in [0.2, 0.25) is 0 Å². The van der Waals surface area contributed by atoms with Crippen LogP contribution in [0.2, 0.25) is 0 Å². The number of para-hydroxylation sites is 1. The van der Waals surface area contributed by atoms with Crippen molar-refractivity contribution in [2.45, 2.75) is 26.4 Å². The van der Waals surface area contributed by atoms with Crippen molar-refractivity contribution < 1.29 is 9.18 Å². The number of rotatable bonds is 2. The average molecular weight is 426 g/mol. The van der Waals surface area contributed by atoms with Gasteiger partial charge in [-0.1, -0.05) is 48.5 Å². The van der Waals surface area contributed by atoms with Crippen molar-refractivity contribution in [1.82, 2.24) is 9.47 Å². The summed E-state index contributed by atoms with van der Waals surface area (Å²) >= 11 is 0. The van der Waals surface area contributed by atoms with Crippen LogP contribution in [0, 0.1) is 19.7 Å². The summed E-state index contributed by atoms with van der Waals surface area (Å²) in [6.45, 7) is 4.19. The molecule has 4 aromatic rings. The molecule has 5 heteroatoms. The molecule has 3 aromatic carbocycles. The molecule has 1 aromatic heterocycles. The van der Waals surface area contributed by atoms with E-state index >= 15 is 0 Å². The highest BCUT2D eigenvalue weighted by Crippen LogP contribution is 2.38. The van der Waals surface area contributed by atoms with Crippen LogP contribution in [0.1, 0.15) is 34.0 Å². The maximum Gasteiger partial charge on any atom is 0.322 e. The van der Waals surface area contributed by atoms with E-state index in [1.54, 1.807) is 19.1 Å². The lowest BCUT2D eigenvalue weighted by Gasteiger charge is -2.32. The molecule has 1 aliphatic heterocycles. The zero-order chi connectivity index (χ0) is 22.2. The molecular formula is C27H24FN3O. The van der Waals surface area contributed by atoms with E-state index in [-0.39, 0.29) is 17.9 Å². The smallest absolute Gasteiger partial charge is 0.318 e. The normalized spacial score (nSPS) is 15.0.